The largest absolute Gasteiger partial charge is 0.480 e. The van der Waals surface area contributed by atoms with E-state index in [2.05, 4.69) is 10.6 Å². The molecule has 1 aliphatic heterocycles. The van der Waals surface area contributed by atoms with E-state index in [1.807, 2.05) is 13.8 Å². The van der Waals surface area contributed by atoms with Gasteiger partial charge in [-0.2, -0.15) is 0 Å². The summed E-state index contributed by atoms with van der Waals surface area (Å²) in [6.45, 7) is 4.56. The standard InChI is InChI=1S/C12H22N2O3/c1-3-6-9(10(15)16)14-11(17)12(2)7-4-5-8-13-12/h9,13H,3-8H2,1-2H3,(H,14,17)(H,15,16)/t9-,12?/m0/s1. The normalized spacial score (nSPS) is 26.2. The van der Waals surface area contributed by atoms with Gasteiger partial charge in [-0.1, -0.05) is 13.3 Å². The molecule has 0 saturated carbocycles. The van der Waals surface area contributed by atoms with Crippen LogP contribution in [0.2, 0.25) is 0 Å². The summed E-state index contributed by atoms with van der Waals surface area (Å²) in [5.41, 5.74) is -0.611. The number of nitrogens with one attached hydrogen (secondary N) is 2. The zero-order chi connectivity index (χ0) is 12.9. The monoisotopic (exact) mass is 242 g/mol. The molecule has 0 spiro atoms. The smallest absolute Gasteiger partial charge is 0.326 e. The fraction of sp³-hybridized carbons (Fsp3) is 0.833. The molecule has 3 N–H and O–H groups in total. The van der Waals surface area contributed by atoms with E-state index < -0.39 is 17.6 Å². The third-order valence-electron chi connectivity index (χ3n) is 3.30. The Morgan fingerprint density at radius 2 is 2.18 bits per heavy atom. The van der Waals surface area contributed by atoms with Gasteiger partial charge in [0.1, 0.15) is 6.04 Å². The Balaban J connectivity index is 2.59. The molecular weight excluding hydrogens is 220 g/mol. The molecule has 1 rings (SSSR count). The van der Waals surface area contributed by atoms with Crippen molar-refractivity contribution in [3.05, 3.63) is 0 Å². The van der Waals surface area contributed by atoms with Crippen molar-refractivity contribution in [3.8, 4) is 0 Å². The number of aliphatic carboxylic acids is 1. The van der Waals surface area contributed by atoms with Gasteiger partial charge in [-0.15, -0.1) is 0 Å². The second kappa shape index (κ2) is 6.00. The van der Waals surface area contributed by atoms with Gasteiger partial charge in [0.15, 0.2) is 0 Å². The van der Waals surface area contributed by atoms with Crippen molar-refractivity contribution >= 4 is 11.9 Å². The zero-order valence-corrected chi connectivity index (χ0v) is 10.6. The summed E-state index contributed by atoms with van der Waals surface area (Å²) in [7, 11) is 0. The van der Waals surface area contributed by atoms with Gasteiger partial charge in [-0.3, -0.25) is 4.79 Å². The lowest BCUT2D eigenvalue weighted by atomic mass is 9.89. The van der Waals surface area contributed by atoms with Crippen molar-refractivity contribution in [1.82, 2.24) is 10.6 Å². The number of rotatable bonds is 5. The van der Waals surface area contributed by atoms with Crippen molar-refractivity contribution in [3.63, 3.8) is 0 Å². The fourth-order valence-electron chi connectivity index (χ4n) is 2.11. The van der Waals surface area contributed by atoms with Gasteiger partial charge in [0, 0.05) is 0 Å². The second-order valence-corrected chi connectivity index (χ2v) is 4.87. The number of amides is 1. The lowest BCUT2D eigenvalue weighted by molar-refractivity contribution is -0.143. The van der Waals surface area contributed by atoms with E-state index in [0.29, 0.717) is 6.42 Å². The fourth-order valence-corrected chi connectivity index (χ4v) is 2.11. The van der Waals surface area contributed by atoms with Crippen molar-refractivity contribution in [1.29, 1.82) is 0 Å². The van der Waals surface area contributed by atoms with E-state index in [1.54, 1.807) is 0 Å². The van der Waals surface area contributed by atoms with Crippen LogP contribution in [-0.2, 0) is 9.59 Å². The summed E-state index contributed by atoms with van der Waals surface area (Å²) in [5, 5.41) is 14.8. The molecule has 5 nitrogen and oxygen atoms in total. The molecule has 1 amide bonds. The number of carboxylic acid groups (broad SMARTS) is 1. The number of carbonyl (C=O) groups excluding carboxylic acids is 1. The second-order valence-electron chi connectivity index (χ2n) is 4.87. The highest BCUT2D eigenvalue weighted by Crippen LogP contribution is 2.19. The first-order chi connectivity index (χ1) is 7.99. The predicted octanol–water partition coefficient (Wildman–Crippen LogP) is 0.888. The van der Waals surface area contributed by atoms with Crippen LogP contribution in [0.4, 0.5) is 0 Å². The van der Waals surface area contributed by atoms with Gasteiger partial charge < -0.3 is 15.7 Å². The minimum atomic E-state index is -0.959. The van der Waals surface area contributed by atoms with Crippen molar-refractivity contribution < 1.29 is 14.7 Å². The average molecular weight is 242 g/mol. The van der Waals surface area contributed by atoms with Gasteiger partial charge in [-0.05, 0) is 39.2 Å². The Morgan fingerprint density at radius 1 is 1.47 bits per heavy atom. The van der Waals surface area contributed by atoms with Crippen LogP contribution in [0, 0.1) is 0 Å². The number of hydrogen-bond acceptors (Lipinski definition) is 3. The van der Waals surface area contributed by atoms with Gasteiger partial charge in [0.05, 0.1) is 5.54 Å². The van der Waals surface area contributed by atoms with Gasteiger partial charge in [0.2, 0.25) is 5.91 Å². The molecule has 0 bridgehead atoms. The molecule has 0 radical (unpaired) electrons. The van der Waals surface area contributed by atoms with E-state index in [-0.39, 0.29) is 5.91 Å². The third kappa shape index (κ3) is 3.70. The number of carboxylic acids is 1. The zero-order valence-electron chi connectivity index (χ0n) is 10.6. The minimum absolute atomic E-state index is 0.196. The molecule has 0 aliphatic carbocycles. The lowest BCUT2D eigenvalue weighted by Gasteiger charge is -2.34. The third-order valence-corrected chi connectivity index (χ3v) is 3.30. The Bertz CT molecular complexity index is 285. The van der Waals surface area contributed by atoms with Crippen molar-refractivity contribution in [2.24, 2.45) is 0 Å². The van der Waals surface area contributed by atoms with Crippen LogP contribution in [0.25, 0.3) is 0 Å². The van der Waals surface area contributed by atoms with Crippen LogP contribution in [-0.4, -0.2) is 35.1 Å². The predicted molar refractivity (Wildman–Crippen MR) is 64.7 cm³/mol. The maximum Gasteiger partial charge on any atom is 0.326 e. The van der Waals surface area contributed by atoms with E-state index in [4.69, 9.17) is 5.11 Å². The van der Waals surface area contributed by atoms with E-state index >= 15 is 0 Å². The highest BCUT2D eigenvalue weighted by atomic mass is 16.4. The van der Waals surface area contributed by atoms with Crippen LogP contribution < -0.4 is 10.6 Å². The Labute approximate surface area is 102 Å². The van der Waals surface area contributed by atoms with Crippen LogP contribution in [0.1, 0.15) is 46.0 Å². The molecule has 0 aromatic heterocycles. The van der Waals surface area contributed by atoms with E-state index in [0.717, 1.165) is 32.2 Å². The molecule has 17 heavy (non-hydrogen) atoms. The summed E-state index contributed by atoms with van der Waals surface area (Å²) in [5.74, 6) is -1.15. The Morgan fingerprint density at radius 3 is 2.65 bits per heavy atom. The maximum absolute atomic E-state index is 12.1. The molecule has 5 heteroatoms. The van der Waals surface area contributed by atoms with Crippen LogP contribution >= 0.6 is 0 Å². The topological polar surface area (TPSA) is 78.4 Å². The van der Waals surface area contributed by atoms with E-state index in [1.165, 1.54) is 0 Å². The SMILES string of the molecule is CCC[C@H](NC(=O)C1(C)CCCCN1)C(=O)O. The van der Waals surface area contributed by atoms with Gasteiger partial charge in [0.25, 0.3) is 0 Å². The van der Waals surface area contributed by atoms with E-state index in [9.17, 15) is 9.59 Å². The quantitative estimate of drug-likeness (QED) is 0.669. The molecule has 1 fully saturated rings. The molecular formula is C12H22N2O3. The molecule has 1 heterocycles. The molecule has 0 aromatic carbocycles. The average Bonchev–Trinajstić information content (AvgIpc) is 2.29. The lowest BCUT2D eigenvalue weighted by Crippen LogP contribution is -2.59. The van der Waals surface area contributed by atoms with Crippen LogP contribution in [0.5, 0.6) is 0 Å². The van der Waals surface area contributed by atoms with Gasteiger partial charge >= 0.3 is 5.97 Å². The highest BCUT2D eigenvalue weighted by Gasteiger charge is 2.36. The summed E-state index contributed by atoms with van der Waals surface area (Å²) in [6, 6.07) is -0.770. The minimum Gasteiger partial charge on any atom is -0.480 e. The molecule has 0 aromatic rings. The summed E-state index contributed by atoms with van der Waals surface area (Å²) in [6.07, 6.45) is 4.04. The highest BCUT2D eigenvalue weighted by molar-refractivity contribution is 5.89. The molecule has 1 unspecified atom stereocenters. The Hall–Kier alpha value is -1.10. The first-order valence-electron chi connectivity index (χ1n) is 6.28. The molecule has 2 atom stereocenters. The molecule has 1 saturated heterocycles. The summed E-state index contributed by atoms with van der Waals surface area (Å²) < 4.78 is 0. The van der Waals surface area contributed by atoms with Gasteiger partial charge in [-0.25, -0.2) is 4.79 Å². The summed E-state index contributed by atoms with van der Waals surface area (Å²) >= 11 is 0. The molecule has 1 aliphatic rings. The maximum atomic E-state index is 12.1. The number of piperidine rings is 1. The number of carbonyl (C=O) groups is 2. The molecule has 98 valence electrons. The number of hydrogen-bond donors (Lipinski definition) is 3. The van der Waals surface area contributed by atoms with Crippen molar-refractivity contribution in [2.45, 2.75) is 57.5 Å². The first-order valence-corrected chi connectivity index (χ1v) is 6.28. The first kappa shape index (κ1) is 14.0. The summed E-state index contributed by atoms with van der Waals surface area (Å²) in [4.78, 5) is 23.0. The van der Waals surface area contributed by atoms with Crippen LogP contribution in [0.15, 0.2) is 0 Å². The van der Waals surface area contributed by atoms with Crippen molar-refractivity contribution in [2.75, 3.05) is 6.54 Å². The van der Waals surface area contributed by atoms with Crippen LogP contribution in [0.3, 0.4) is 0 Å². The Kier molecular flexibility index (Phi) is 4.93.